The summed E-state index contributed by atoms with van der Waals surface area (Å²) in [6.45, 7) is 4.89. The fourth-order valence-electron chi connectivity index (χ4n) is 11.2. The average molecular weight is 1140 g/mol. The number of amides is 1. The second-order valence-corrected chi connectivity index (χ2v) is 24.9. The van der Waals surface area contributed by atoms with Crippen LogP contribution >= 0.6 is 0 Å². The van der Waals surface area contributed by atoms with E-state index < -0.39 is 12.1 Å². The Morgan fingerprint density at radius 2 is 0.630 bits per heavy atom. The lowest BCUT2D eigenvalue weighted by Crippen LogP contribution is -2.45. The van der Waals surface area contributed by atoms with Crippen LogP contribution < -0.4 is 5.32 Å². The van der Waals surface area contributed by atoms with Crippen molar-refractivity contribution in [2.75, 3.05) is 13.2 Å². The number of ether oxygens (including phenoxy) is 1. The quantitative estimate of drug-likeness (QED) is 0.0320. The van der Waals surface area contributed by atoms with Crippen LogP contribution in [0.3, 0.4) is 0 Å². The number of esters is 1. The number of carbonyl (C=O) groups excluding carboxylic acids is 2. The molecule has 81 heavy (non-hydrogen) atoms. The molecule has 2 unspecified atom stereocenters. The SMILES string of the molecule is CCCC/C=C\C/C=C\CCCCCCCC(=O)OCCCCCCCCCCCCCC/C=C\CCCCCCCCCCCCCCCCCCC(=O)NC(CO)C(O)/C=C/CCCCCCCCCCCCCCCCCC. The van der Waals surface area contributed by atoms with Crippen molar-refractivity contribution >= 4 is 11.9 Å². The largest absolute Gasteiger partial charge is 0.466 e. The van der Waals surface area contributed by atoms with E-state index in [1.165, 1.54) is 315 Å². The van der Waals surface area contributed by atoms with Crippen molar-refractivity contribution in [3.63, 3.8) is 0 Å². The monoisotopic (exact) mass is 1140 g/mol. The number of nitrogens with one attached hydrogen (secondary N) is 1. The third-order valence-electron chi connectivity index (χ3n) is 16.8. The van der Waals surface area contributed by atoms with Crippen molar-refractivity contribution < 1.29 is 24.5 Å². The topological polar surface area (TPSA) is 95.9 Å². The summed E-state index contributed by atoms with van der Waals surface area (Å²) in [6.07, 6.45) is 92.0. The lowest BCUT2D eigenvalue weighted by Gasteiger charge is -2.20. The molecule has 0 bridgehead atoms. The summed E-state index contributed by atoms with van der Waals surface area (Å²) in [4.78, 5) is 24.6. The molecule has 0 radical (unpaired) electrons. The van der Waals surface area contributed by atoms with Crippen LogP contribution in [0.15, 0.2) is 48.6 Å². The van der Waals surface area contributed by atoms with Crippen LogP contribution in [0.2, 0.25) is 0 Å². The third-order valence-corrected chi connectivity index (χ3v) is 16.8. The van der Waals surface area contributed by atoms with Gasteiger partial charge < -0.3 is 20.3 Å². The molecule has 0 rings (SSSR count). The minimum Gasteiger partial charge on any atom is -0.466 e. The molecule has 1 amide bonds. The van der Waals surface area contributed by atoms with Crippen molar-refractivity contribution in [2.45, 2.75) is 405 Å². The highest BCUT2D eigenvalue weighted by molar-refractivity contribution is 5.76. The fraction of sp³-hybridized carbons (Fsp3) is 0.867. The van der Waals surface area contributed by atoms with E-state index in [4.69, 9.17) is 4.74 Å². The Kier molecular flexibility index (Phi) is 68.4. The van der Waals surface area contributed by atoms with E-state index in [2.05, 4.69) is 55.6 Å². The van der Waals surface area contributed by atoms with E-state index in [1.807, 2.05) is 6.08 Å². The minimum absolute atomic E-state index is 0.00336. The highest BCUT2D eigenvalue weighted by Crippen LogP contribution is 2.18. The first-order chi connectivity index (χ1) is 40.0. The average Bonchev–Trinajstić information content (AvgIpc) is 3.47. The molecule has 0 aliphatic carbocycles. The van der Waals surface area contributed by atoms with Gasteiger partial charge in [0.25, 0.3) is 0 Å². The molecule has 3 N–H and O–H groups in total. The highest BCUT2D eigenvalue weighted by Gasteiger charge is 2.18. The van der Waals surface area contributed by atoms with Crippen LogP contribution in [0.5, 0.6) is 0 Å². The summed E-state index contributed by atoms with van der Waals surface area (Å²) in [6, 6.07) is -0.627. The van der Waals surface area contributed by atoms with Gasteiger partial charge in [0.15, 0.2) is 0 Å². The zero-order chi connectivity index (χ0) is 58.5. The molecule has 0 aliphatic heterocycles. The maximum absolute atomic E-state index is 12.5. The number of rotatable bonds is 68. The van der Waals surface area contributed by atoms with Gasteiger partial charge in [0.2, 0.25) is 5.91 Å². The zero-order valence-corrected chi connectivity index (χ0v) is 54.5. The standard InChI is InChI=1S/C75H141NO5/c1-3-5-7-9-11-13-15-17-19-20-37-40-43-47-51-55-59-63-67-73(78)72(71-77)76-74(79)68-64-60-56-52-48-44-41-38-35-33-31-29-27-25-23-21-22-24-26-28-30-32-34-36-39-42-46-50-54-58-62-66-70-81-75(80)69-65-61-57-53-49-45-18-16-14-12-10-8-6-4-2/h10,12,16,18,24,26,63,67,72-73,77-78H,3-9,11,13-15,17,19-23,25,27-62,64-66,68-71H2,1-2H3,(H,76,79)/b12-10-,18-16-,26-24-,67-63+. The van der Waals surface area contributed by atoms with Crippen molar-refractivity contribution in [1.82, 2.24) is 5.32 Å². The molecule has 0 spiro atoms. The maximum atomic E-state index is 12.5. The predicted molar refractivity (Wildman–Crippen MR) is 356 cm³/mol. The van der Waals surface area contributed by atoms with Gasteiger partial charge in [-0.1, -0.05) is 345 Å². The number of allylic oxidation sites excluding steroid dienone is 7. The maximum Gasteiger partial charge on any atom is 0.305 e. The highest BCUT2D eigenvalue weighted by atomic mass is 16.5. The van der Waals surface area contributed by atoms with Crippen LogP contribution in [0.4, 0.5) is 0 Å². The van der Waals surface area contributed by atoms with Crippen LogP contribution in [-0.4, -0.2) is 47.4 Å². The van der Waals surface area contributed by atoms with E-state index in [0.717, 1.165) is 51.4 Å². The molecule has 0 aromatic heterocycles. The first kappa shape index (κ1) is 78.8. The Balaban J connectivity index is 3.38. The van der Waals surface area contributed by atoms with Gasteiger partial charge in [0.05, 0.1) is 25.4 Å². The smallest absolute Gasteiger partial charge is 0.305 e. The second kappa shape index (κ2) is 70.3. The van der Waals surface area contributed by atoms with E-state index in [0.29, 0.717) is 19.4 Å². The summed E-state index contributed by atoms with van der Waals surface area (Å²) in [7, 11) is 0. The molecule has 0 saturated carbocycles. The van der Waals surface area contributed by atoms with Gasteiger partial charge in [0, 0.05) is 12.8 Å². The summed E-state index contributed by atoms with van der Waals surface area (Å²) in [5, 5.41) is 23.2. The van der Waals surface area contributed by atoms with Crippen LogP contribution in [0.25, 0.3) is 0 Å². The molecule has 6 nitrogen and oxygen atoms in total. The lowest BCUT2D eigenvalue weighted by molar-refractivity contribution is -0.143. The summed E-state index contributed by atoms with van der Waals surface area (Å²) in [5.74, 6) is -0.0591. The molecule has 0 fully saturated rings. The van der Waals surface area contributed by atoms with E-state index in [-0.39, 0.29) is 18.5 Å². The summed E-state index contributed by atoms with van der Waals surface area (Å²) < 4.78 is 5.48. The normalized spacial score (nSPS) is 12.8. The Morgan fingerprint density at radius 1 is 0.346 bits per heavy atom. The van der Waals surface area contributed by atoms with E-state index >= 15 is 0 Å². The van der Waals surface area contributed by atoms with Crippen LogP contribution in [0.1, 0.15) is 393 Å². The van der Waals surface area contributed by atoms with Crippen molar-refractivity contribution in [3.8, 4) is 0 Å². The summed E-state index contributed by atoms with van der Waals surface area (Å²) in [5.41, 5.74) is 0. The molecule has 0 aromatic rings. The number of hydrogen-bond acceptors (Lipinski definition) is 5. The molecule has 6 heteroatoms. The molecule has 0 aromatic carbocycles. The zero-order valence-electron chi connectivity index (χ0n) is 54.5. The van der Waals surface area contributed by atoms with Crippen molar-refractivity contribution in [1.29, 1.82) is 0 Å². The van der Waals surface area contributed by atoms with Gasteiger partial charge in [-0.2, -0.15) is 0 Å². The molecule has 0 saturated heterocycles. The molecule has 2 atom stereocenters. The Hall–Kier alpha value is -2.18. The van der Waals surface area contributed by atoms with Gasteiger partial charge in [-0.3, -0.25) is 9.59 Å². The number of carbonyl (C=O) groups is 2. The molecular weight excluding hydrogens is 995 g/mol. The minimum atomic E-state index is -0.844. The third kappa shape index (κ3) is 66.8. The number of unbranched alkanes of at least 4 members (excludes halogenated alkanes) is 51. The number of aliphatic hydroxyl groups is 2. The Morgan fingerprint density at radius 3 is 0.988 bits per heavy atom. The summed E-state index contributed by atoms with van der Waals surface area (Å²) >= 11 is 0. The Bertz CT molecular complexity index is 1360. The molecule has 0 heterocycles. The van der Waals surface area contributed by atoms with Crippen LogP contribution in [-0.2, 0) is 14.3 Å². The molecular formula is C75H141NO5. The predicted octanol–water partition coefficient (Wildman–Crippen LogP) is 23.6. The van der Waals surface area contributed by atoms with Crippen molar-refractivity contribution in [3.05, 3.63) is 48.6 Å². The lowest BCUT2D eigenvalue weighted by atomic mass is 10.0. The number of aliphatic hydroxyl groups excluding tert-OH is 2. The van der Waals surface area contributed by atoms with E-state index in [9.17, 15) is 19.8 Å². The fourth-order valence-corrected chi connectivity index (χ4v) is 11.2. The molecule has 0 aliphatic rings. The van der Waals surface area contributed by atoms with Crippen LogP contribution in [0, 0.1) is 0 Å². The van der Waals surface area contributed by atoms with Gasteiger partial charge in [0.1, 0.15) is 0 Å². The first-order valence-electron chi connectivity index (χ1n) is 36.4. The first-order valence-corrected chi connectivity index (χ1v) is 36.4. The van der Waals surface area contributed by atoms with E-state index in [1.54, 1.807) is 6.08 Å². The van der Waals surface area contributed by atoms with Gasteiger partial charge in [-0.25, -0.2) is 0 Å². The molecule has 476 valence electrons. The van der Waals surface area contributed by atoms with Crippen molar-refractivity contribution in [2.24, 2.45) is 0 Å². The van der Waals surface area contributed by atoms with Gasteiger partial charge in [-0.15, -0.1) is 0 Å². The van der Waals surface area contributed by atoms with Gasteiger partial charge in [-0.05, 0) is 83.5 Å². The van der Waals surface area contributed by atoms with Gasteiger partial charge >= 0.3 is 5.97 Å². The second-order valence-electron chi connectivity index (χ2n) is 24.9. The Labute approximate surface area is 506 Å². The number of hydrogen-bond donors (Lipinski definition) is 3.